The van der Waals surface area contributed by atoms with Crippen molar-refractivity contribution in [3.05, 3.63) is 36.5 Å². The molecule has 26 heavy (non-hydrogen) atoms. The summed E-state index contributed by atoms with van der Waals surface area (Å²) in [7, 11) is 0. The summed E-state index contributed by atoms with van der Waals surface area (Å²) in [5, 5.41) is 11.3. The smallest absolute Gasteiger partial charge is 0.220 e. The summed E-state index contributed by atoms with van der Waals surface area (Å²) in [5.41, 5.74) is 0. The third kappa shape index (κ3) is 12.9. The van der Waals surface area contributed by atoms with E-state index in [-0.39, 0.29) is 12.5 Å². The summed E-state index contributed by atoms with van der Waals surface area (Å²) in [6.07, 6.45) is 24.4. The van der Waals surface area contributed by atoms with Crippen molar-refractivity contribution in [2.75, 3.05) is 13.2 Å². The highest BCUT2D eigenvalue weighted by atomic mass is 16.6. The second kappa shape index (κ2) is 15.8. The van der Waals surface area contributed by atoms with Crippen molar-refractivity contribution < 1.29 is 14.6 Å². The summed E-state index contributed by atoms with van der Waals surface area (Å²) in [4.78, 5) is 11.4. The number of aliphatic hydroxyl groups excluding tert-OH is 1. The van der Waals surface area contributed by atoms with Gasteiger partial charge in [0.1, 0.15) is 0 Å². The lowest BCUT2D eigenvalue weighted by atomic mass is 10.1. The van der Waals surface area contributed by atoms with Crippen LogP contribution in [0.1, 0.15) is 71.1 Å². The van der Waals surface area contributed by atoms with E-state index in [0.29, 0.717) is 25.2 Å². The minimum absolute atomic E-state index is 0.00315. The Kier molecular flexibility index (Phi) is 13.8. The molecule has 4 nitrogen and oxygen atoms in total. The molecule has 0 aromatic heterocycles. The number of nitrogens with one attached hydrogen (secondary N) is 1. The van der Waals surface area contributed by atoms with Gasteiger partial charge in [0.25, 0.3) is 0 Å². The van der Waals surface area contributed by atoms with E-state index in [9.17, 15) is 4.79 Å². The molecule has 0 saturated carbocycles. The van der Waals surface area contributed by atoms with Gasteiger partial charge in [-0.25, -0.2) is 0 Å². The summed E-state index contributed by atoms with van der Waals surface area (Å²) < 4.78 is 5.63. The summed E-state index contributed by atoms with van der Waals surface area (Å²) >= 11 is 0. The van der Waals surface area contributed by atoms with E-state index in [1.165, 1.54) is 25.7 Å². The van der Waals surface area contributed by atoms with Crippen molar-refractivity contribution in [1.29, 1.82) is 0 Å². The highest BCUT2D eigenvalue weighted by Crippen LogP contribution is 2.30. The quantitative estimate of drug-likeness (QED) is 0.242. The van der Waals surface area contributed by atoms with Gasteiger partial charge >= 0.3 is 0 Å². The predicted octanol–water partition coefficient (Wildman–Crippen LogP) is 4.45. The fourth-order valence-electron chi connectivity index (χ4n) is 2.79. The number of hydrogen-bond donors (Lipinski definition) is 2. The van der Waals surface area contributed by atoms with Crippen LogP contribution in [0.15, 0.2) is 36.5 Å². The van der Waals surface area contributed by atoms with Crippen LogP contribution in [0.5, 0.6) is 0 Å². The first kappa shape index (κ1) is 22.7. The molecule has 4 heteroatoms. The molecule has 2 N–H and O–H groups in total. The number of hydrogen-bond acceptors (Lipinski definition) is 3. The van der Waals surface area contributed by atoms with Crippen molar-refractivity contribution in [1.82, 2.24) is 5.32 Å². The van der Waals surface area contributed by atoms with E-state index in [1.54, 1.807) is 0 Å². The van der Waals surface area contributed by atoms with E-state index in [0.717, 1.165) is 32.1 Å². The molecular formula is C22H37NO3. The van der Waals surface area contributed by atoms with Crippen LogP contribution in [0, 0.1) is 0 Å². The molecule has 0 spiro atoms. The number of carbonyl (C=O) groups excluding carboxylic acids is 1. The van der Waals surface area contributed by atoms with Crippen LogP contribution >= 0.6 is 0 Å². The maximum absolute atomic E-state index is 11.4. The molecule has 2 atom stereocenters. The zero-order chi connectivity index (χ0) is 18.9. The van der Waals surface area contributed by atoms with Crippen molar-refractivity contribution >= 4 is 5.91 Å². The molecule has 1 fully saturated rings. The van der Waals surface area contributed by atoms with Gasteiger partial charge in [-0.15, -0.1) is 0 Å². The van der Waals surface area contributed by atoms with Gasteiger partial charge in [0, 0.05) is 13.0 Å². The second-order valence-corrected chi connectivity index (χ2v) is 6.80. The van der Waals surface area contributed by atoms with Crippen molar-refractivity contribution in [2.45, 2.75) is 83.3 Å². The number of epoxide rings is 1. The molecule has 0 bridgehead atoms. The molecule has 148 valence electrons. The number of ether oxygens (including phenoxy) is 1. The molecule has 1 rings (SSSR count). The SMILES string of the molecule is CCCCCC=CCC=CCC=CC[C@H]1O[C@H]1CCCC(=O)NCCO. The average Bonchev–Trinajstić information content (AvgIpc) is 3.39. The fraction of sp³-hybridized carbons (Fsp3) is 0.682. The lowest BCUT2D eigenvalue weighted by Gasteiger charge is -2.01. The highest BCUT2D eigenvalue weighted by Gasteiger charge is 2.36. The first-order valence-corrected chi connectivity index (χ1v) is 10.3. The van der Waals surface area contributed by atoms with E-state index < -0.39 is 0 Å². The molecule has 1 saturated heterocycles. The fourth-order valence-corrected chi connectivity index (χ4v) is 2.79. The van der Waals surface area contributed by atoms with Crippen LogP contribution in [0.3, 0.4) is 0 Å². The monoisotopic (exact) mass is 363 g/mol. The molecule has 1 aliphatic rings. The first-order valence-electron chi connectivity index (χ1n) is 10.3. The van der Waals surface area contributed by atoms with Gasteiger partial charge in [0.05, 0.1) is 18.8 Å². The van der Waals surface area contributed by atoms with Gasteiger partial charge in [-0.2, -0.15) is 0 Å². The van der Waals surface area contributed by atoms with Crippen molar-refractivity contribution in [3.63, 3.8) is 0 Å². The number of allylic oxidation sites excluding steroid dienone is 5. The summed E-state index contributed by atoms with van der Waals surface area (Å²) in [6, 6.07) is 0. The number of amides is 1. The number of carbonyl (C=O) groups is 1. The Balaban J connectivity index is 1.92. The van der Waals surface area contributed by atoms with Crippen LogP contribution in [0.25, 0.3) is 0 Å². The maximum Gasteiger partial charge on any atom is 0.220 e. The largest absolute Gasteiger partial charge is 0.395 e. The highest BCUT2D eigenvalue weighted by molar-refractivity contribution is 5.75. The minimum atomic E-state index is -0.00315. The number of rotatable bonds is 16. The average molecular weight is 364 g/mol. The third-order valence-corrected chi connectivity index (χ3v) is 4.40. The Morgan fingerprint density at radius 1 is 1.00 bits per heavy atom. The Bertz CT molecular complexity index is 443. The minimum Gasteiger partial charge on any atom is -0.395 e. The molecule has 0 aromatic carbocycles. The standard InChI is InChI=1S/C22H37NO3/c1-2-3-4-5-6-7-8-9-10-11-12-13-15-20-21(26-20)16-14-17-22(25)23-18-19-24/h6-7,9-10,12-13,20-21,24H,2-5,8,11,14-19H2,1H3,(H,23,25)/t20-,21+/m1/s1. The zero-order valence-electron chi connectivity index (χ0n) is 16.4. The normalized spacial score (nSPS) is 19.8. The summed E-state index contributed by atoms with van der Waals surface area (Å²) in [5.74, 6) is 0.0127. The molecule has 0 aliphatic carbocycles. The van der Waals surface area contributed by atoms with E-state index in [4.69, 9.17) is 9.84 Å². The molecule has 0 radical (unpaired) electrons. The molecule has 1 heterocycles. The van der Waals surface area contributed by atoms with E-state index >= 15 is 0 Å². The van der Waals surface area contributed by atoms with Gasteiger partial charge in [-0.05, 0) is 44.9 Å². The maximum atomic E-state index is 11.4. The van der Waals surface area contributed by atoms with Gasteiger partial charge in [0.15, 0.2) is 0 Å². The van der Waals surface area contributed by atoms with Gasteiger partial charge < -0.3 is 15.2 Å². The first-order chi connectivity index (χ1) is 12.8. The Morgan fingerprint density at radius 2 is 1.73 bits per heavy atom. The van der Waals surface area contributed by atoms with Crippen LogP contribution in [-0.2, 0) is 9.53 Å². The van der Waals surface area contributed by atoms with Crippen LogP contribution in [0.2, 0.25) is 0 Å². The number of aliphatic hydroxyl groups is 1. The molecule has 0 aromatic rings. The van der Waals surface area contributed by atoms with Crippen LogP contribution in [0.4, 0.5) is 0 Å². The van der Waals surface area contributed by atoms with Crippen LogP contribution in [-0.4, -0.2) is 36.4 Å². The lowest BCUT2D eigenvalue weighted by Crippen LogP contribution is -2.26. The molecular weight excluding hydrogens is 326 g/mol. The van der Waals surface area contributed by atoms with Crippen molar-refractivity contribution in [2.24, 2.45) is 0 Å². The third-order valence-electron chi connectivity index (χ3n) is 4.40. The topological polar surface area (TPSA) is 61.9 Å². The Hall–Kier alpha value is -1.39. The lowest BCUT2D eigenvalue weighted by molar-refractivity contribution is -0.121. The van der Waals surface area contributed by atoms with Gasteiger partial charge in [0.2, 0.25) is 5.91 Å². The van der Waals surface area contributed by atoms with Crippen LogP contribution < -0.4 is 5.32 Å². The second-order valence-electron chi connectivity index (χ2n) is 6.80. The Morgan fingerprint density at radius 3 is 2.46 bits per heavy atom. The van der Waals surface area contributed by atoms with Gasteiger partial charge in [-0.3, -0.25) is 4.79 Å². The zero-order valence-corrected chi connectivity index (χ0v) is 16.4. The van der Waals surface area contributed by atoms with Crippen molar-refractivity contribution in [3.8, 4) is 0 Å². The molecule has 0 unspecified atom stereocenters. The van der Waals surface area contributed by atoms with E-state index in [2.05, 4.69) is 48.7 Å². The predicted molar refractivity (Wildman–Crippen MR) is 108 cm³/mol. The number of unbranched alkanes of at least 4 members (excludes halogenated alkanes) is 3. The molecule has 1 amide bonds. The Labute approximate surface area is 159 Å². The van der Waals surface area contributed by atoms with E-state index in [1.807, 2.05) is 0 Å². The summed E-state index contributed by atoms with van der Waals surface area (Å²) in [6.45, 7) is 2.57. The van der Waals surface area contributed by atoms with Gasteiger partial charge in [-0.1, -0.05) is 56.2 Å². The molecule has 1 aliphatic heterocycles.